The summed E-state index contributed by atoms with van der Waals surface area (Å²) >= 11 is 0. The molecule has 5 aliphatic rings. The van der Waals surface area contributed by atoms with Gasteiger partial charge in [-0.3, -0.25) is 9.69 Å². The fraction of sp³-hybridized carbons (Fsp3) is 0.439. The van der Waals surface area contributed by atoms with Crippen LogP contribution in [0.15, 0.2) is 91.0 Å². The smallest absolute Gasteiger partial charge is 0.481 e. The van der Waals surface area contributed by atoms with Gasteiger partial charge in [0.05, 0.1) is 35.4 Å². The third-order valence-electron chi connectivity index (χ3n) is 12.1. The van der Waals surface area contributed by atoms with E-state index in [-0.39, 0.29) is 42.1 Å². The predicted molar refractivity (Wildman–Crippen MR) is 196 cm³/mol. The Hall–Kier alpha value is -4.41. The Bertz CT molecular complexity index is 1910. The number of nitrogens with zero attached hydrogens (tertiary/aromatic N) is 2. The summed E-state index contributed by atoms with van der Waals surface area (Å²) in [4.78, 5) is 34.4. The Kier molecular flexibility index (Phi) is 8.79. The lowest BCUT2D eigenvalue weighted by atomic mass is 9.43. The maximum atomic E-state index is 14.2. The second-order valence-electron chi connectivity index (χ2n) is 15.4. The predicted octanol–water partition coefficient (Wildman–Crippen LogP) is 7.22. The first-order valence-electron chi connectivity index (χ1n) is 18.4. The summed E-state index contributed by atoms with van der Waals surface area (Å²) in [5.74, 6) is 1.05. The van der Waals surface area contributed by atoms with Gasteiger partial charge >= 0.3 is 13.2 Å². The molecule has 0 radical (unpaired) electrons. The van der Waals surface area contributed by atoms with Crippen molar-refractivity contribution in [1.82, 2.24) is 15.2 Å². The number of ether oxygens (including phenoxy) is 2. The number of nitrogens with one attached hydrogen (secondary N) is 1. The molecular weight excluding hydrogens is 641 g/mol. The van der Waals surface area contributed by atoms with Gasteiger partial charge in [0.15, 0.2) is 0 Å². The van der Waals surface area contributed by atoms with Crippen LogP contribution in [0.4, 0.5) is 4.79 Å². The van der Waals surface area contributed by atoms with Crippen LogP contribution in [0.2, 0.25) is 0 Å². The largest absolute Gasteiger partial charge is 0.488 e. The van der Waals surface area contributed by atoms with E-state index in [4.69, 9.17) is 23.8 Å². The van der Waals surface area contributed by atoms with Crippen LogP contribution < -0.4 is 10.1 Å². The summed E-state index contributed by atoms with van der Waals surface area (Å²) < 4.78 is 25.8. The number of benzene rings is 3. The van der Waals surface area contributed by atoms with Gasteiger partial charge in [-0.1, -0.05) is 93.6 Å². The first-order chi connectivity index (χ1) is 24.6. The van der Waals surface area contributed by atoms with Crippen LogP contribution in [0.25, 0.3) is 22.2 Å². The Balaban J connectivity index is 1.03. The van der Waals surface area contributed by atoms with Crippen molar-refractivity contribution in [1.29, 1.82) is 0 Å². The number of amides is 2. The van der Waals surface area contributed by atoms with Gasteiger partial charge < -0.3 is 24.1 Å². The summed E-state index contributed by atoms with van der Waals surface area (Å²) in [6.07, 6.45) is 2.03. The van der Waals surface area contributed by atoms with Gasteiger partial charge in [0, 0.05) is 23.4 Å². The van der Waals surface area contributed by atoms with Gasteiger partial charge in [-0.2, -0.15) is 0 Å². The van der Waals surface area contributed by atoms with Crippen molar-refractivity contribution in [3.63, 3.8) is 0 Å². The van der Waals surface area contributed by atoms with Crippen LogP contribution >= 0.6 is 0 Å². The minimum atomic E-state index is -0.806. The SMILES string of the molecule is CC[C@H](NC(=O)[C@@H]1C[C@@H](Oc2cc(-c3ccccc3)nc3ccccc23)CN1C(=O)OCc1ccccc1)B1O[C@@H]2C[C@@H]3C[C@@H](C3(C)C)[C@]2(C)O1. The van der Waals surface area contributed by atoms with Crippen molar-refractivity contribution >= 4 is 30.0 Å². The highest BCUT2D eigenvalue weighted by Gasteiger charge is 2.68. The standard InChI is InChI=1S/C41H46BN3O6/c1-5-37(42-50-36-21-28-20-35(40(28,2)3)41(36,4)51-42)44-38(46)33-22-29(24-45(33)39(47)48-25-26-14-8-6-9-15-26)49-34-23-32(27-16-10-7-11-17-27)43-31-19-13-12-18-30(31)34/h6-19,23,28-29,33,35-37H,5,20-22,24-25H2,1-4H3,(H,44,46)/t28-,29+,33-,35-,36+,37-,41-/m0/s1. The number of rotatable bonds is 9. The minimum absolute atomic E-state index is 0.00918. The molecule has 2 bridgehead atoms. The van der Waals surface area contributed by atoms with Crippen molar-refractivity contribution in [2.45, 2.75) is 89.8 Å². The molecule has 2 aliphatic heterocycles. The number of fused-ring (bicyclic) bond motifs is 1. The third-order valence-corrected chi connectivity index (χ3v) is 12.1. The lowest BCUT2D eigenvalue weighted by Crippen LogP contribution is -2.65. The molecule has 1 N–H and O–H groups in total. The van der Waals surface area contributed by atoms with Crippen LogP contribution in [0, 0.1) is 17.3 Å². The lowest BCUT2D eigenvalue weighted by Gasteiger charge is -2.64. The molecule has 264 valence electrons. The summed E-state index contributed by atoms with van der Waals surface area (Å²) in [7, 11) is -0.560. The number of hydrogen-bond donors (Lipinski definition) is 1. The number of aromatic nitrogens is 1. The number of likely N-dealkylation sites (tertiary alicyclic amines) is 1. The second kappa shape index (κ2) is 13.3. The molecule has 4 aromatic rings. The first kappa shape index (κ1) is 33.7. The number of para-hydroxylation sites is 1. The topological polar surface area (TPSA) is 99.2 Å². The molecule has 9 rings (SSSR count). The van der Waals surface area contributed by atoms with E-state index in [1.165, 1.54) is 4.90 Å². The zero-order chi connectivity index (χ0) is 35.3. The zero-order valence-electron chi connectivity index (χ0n) is 29.8. The lowest BCUT2D eigenvalue weighted by molar-refractivity contribution is -0.199. The zero-order valence-corrected chi connectivity index (χ0v) is 29.8. The molecule has 2 amide bonds. The number of hydrogen-bond acceptors (Lipinski definition) is 7. The summed E-state index contributed by atoms with van der Waals surface area (Å²) in [6.45, 7) is 9.18. The molecule has 3 saturated carbocycles. The molecule has 5 fully saturated rings. The van der Waals surface area contributed by atoms with Crippen LogP contribution in [-0.4, -0.2) is 65.3 Å². The van der Waals surface area contributed by atoms with Crippen molar-refractivity contribution in [3.8, 4) is 17.0 Å². The third kappa shape index (κ3) is 6.16. The number of carbonyl (C=O) groups excluding carboxylic acids is 2. The molecule has 3 aliphatic carbocycles. The molecule has 0 unspecified atom stereocenters. The Labute approximate surface area is 300 Å². The van der Waals surface area contributed by atoms with Crippen LogP contribution in [0.1, 0.15) is 58.9 Å². The van der Waals surface area contributed by atoms with Gasteiger partial charge in [-0.15, -0.1) is 0 Å². The normalized spacial score (nSPS) is 28.1. The van der Waals surface area contributed by atoms with Gasteiger partial charge in [0.1, 0.15) is 24.5 Å². The average Bonchev–Trinajstić information content (AvgIpc) is 3.74. The van der Waals surface area contributed by atoms with E-state index in [1.807, 2.05) is 97.9 Å². The van der Waals surface area contributed by atoms with E-state index in [0.29, 0.717) is 30.4 Å². The van der Waals surface area contributed by atoms with Gasteiger partial charge in [0.25, 0.3) is 0 Å². The molecule has 51 heavy (non-hydrogen) atoms. The maximum Gasteiger partial charge on any atom is 0.481 e. The molecule has 3 heterocycles. The molecule has 2 saturated heterocycles. The fourth-order valence-electron chi connectivity index (χ4n) is 9.03. The van der Waals surface area contributed by atoms with Crippen molar-refractivity contribution in [2.24, 2.45) is 17.3 Å². The van der Waals surface area contributed by atoms with E-state index in [1.54, 1.807) is 0 Å². The summed E-state index contributed by atoms with van der Waals surface area (Å²) in [6, 6.07) is 28.5. The number of carbonyl (C=O) groups is 2. The van der Waals surface area contributed by atoms with E-state index in [2.05, 4.69) is 26.1 Å². The van der Waals surface area contributed by atoms with E-state index < -0.39 is 25.4 Å². The Morgan fingerprint density at radius 1 is 0.980 bits per heavy atom. The van der Waals surface area contributed by atoms with Crippen LogP contribution in [0.3, 0.4) is 0 Å². The van der Waals surface area contributed by atoms with E-state index in [0.717, 1.165) is 40.6 Å². The quantitative estimate of drug-likeness (QED) is 0.186. The minimum Gasteiger partial charge on any atom is -0.488 e. The van der Waals surface area contributed by atoms with Gasteiger partial charge in [0.2, 0.25) is 5.91 Å². The molecule has 3 aromatic carbocycles. The highest BCUT2D eigenvalue weighted by Crippen LogP contribution is 2.65. The van der Waals surface area contributed by atoms with Gasteiger partial charge in [-0.25, -0.2) is 9.78 Å². The average molecular weight is 688 g/mol. The van der Waals surface area contributed by atoms with Crippen molar-refractivity contribution < 1.29 is 28.4 Å². The Morgan fingerprint density at radius 3 is 2.45 bits per heavy atom. The molecule has 10 heteroatoms. The number of pyridine rings is 1. The Morgan fingerprint density at radius 2 is 1.71 bits per heavy atom. The highest BCUT2D eigenvalue weighted by molar-refractivity contribution is 6.47. The molecule has 7 atom stereocenters. The molecular formula is C41H46BN3O6. The summed E-state index contributed by atoms with van der Waals surface area (Å²) in [5.41, 5.74) is 3.26. The first-order valence-corrected chi connectivity index (χ1v) is 18.4. The van der Waals surface area contributed by atoms with Crippen LogP contribution in [-0.2, 0) is 25.4 Å². The molecule has 0 spiro atoms. The van der Waals surface area contributed by atoms with Gasteiger partial charge in [-0.05, 0) is 61.1 Å². The summed E-state index contributed by atoms with van der Waals surface area (Å²) in [5, 5.41) is 4.09. The maximum absolute atomic E-state index is 14.2. The monoisotopic (exact) mass is 687 g/mol. The van der Waals surface area contributed by atoms with Crippen molar-refractivity contribution in [2.75, 3.05) is 6.54 Å². The van der Waals surface area contributed by atoms with Crippen LogP contribution in [0.5, 0.6) is 5.75 Å². The molecule has 1 aromatic heterocycles. The van der Waals surface area contributed by atoms with E-state index >= 15 is 0 Å². The van der Waals surface area contributed by atoms with Crippen molar-refractivity contribution in [3.05, 3.63) is 96.6 Å². The van der Waals surface area contributed by atoms with E-state index in [9.17, 15) is 9.59 Å². The highest BCUT2D eigenvalue weighted by atomic mass is 16.7. The second-order valence-corrected chi connectivity index (χ2v) is 15.4. The fourth-order valence-corrected chi connectivity index (χ4v) is 9.03. The molecule has 9 nitrogen and oxygen atoms in total.